The van der Waals surface area contributed by atoms with E-state index in [2.05, 4.69) is 29.7 Å². The van der Waals surface area contributed by atoms with Crippen LogP contribution in [0.3, 0.4) is 0 Å². The number of nitrogens with one attached hydrogen (secondary N) is 1. The Morgan fingerprint density at radius 2 is 2.05 bits per heavy atom. The van der Waals surface area contributed by atoms with Gasteiger partial charge in [-0.2, -0.15) is 13.2 Å². The predicted molar refractivity (Wildman–Crippen MR) is 74.3 cm³/mol. The van der Waals surface area contributed by atoms with Gasteiger partial charge < -0.3 is 10.1 Å². The van der Waals surface area contributed by atoms with Crippen LogP contribution in [0.5, 0.6) is 0 Å². The summed E-state index contributed by atoms with van der Waals surface area (Å²) in [6, 6.07) is 7.62. The topological polar surface area (TPSA) is 21.3 Å². The van der Waals surface area contributed by atoms with E-state index in [1.807, 2.05) is 23.9 Å². The van der Waals surface area contributed by atoms with Gasteiger partial charge in [0.1, 0.15) is 21.4 Å². The summed E-state index contributed by atoms with van der Waals surface area (Å²) >= 11 is 0. The van der Waals surface area contributed by atoms with Gasteiger partial charge >= 0.3 is 6.18 Å². The summed E-state index contributed by atoms with van der Waals surface area (Å²) in [5.41, 5.74) is 2.72. The third kappa shape index (κ3) is 5.48. The van der Waals surface area contributed by atoms with Gasteiger partial charge in [0.25, 0.3) is 0 Å². The van der Waals surface area contributed by atoms with Crippen molar-refractivity contribution >= 4 is 18.9 Å². The fraction of sp³-hybridized carbons (Fsp3) is 0.385. The van der Waals surface area contributed by atoms with Crippen LogP contribution in [0, 0.1) is 0 Å². The maximum absolute atomic E-state index is 11.9. The summed E-state index contributed by atoms with van der Waals surface area (Å²) in [5.74, 6) is 0. The predicted octanol–water partition coefficient (Wildman–Crippen LogP) is 3.28. The van der Waals surface area contributed by atoms with Crippen LogP contribution in [0.25, 0.3) is 0 Å². The van der Waals surface area contributed by atoms with Crippen LogP contribution in [-0.4, -0.2) is 27.6 Å². The lowest BCUT2D eigenvalue weighted by molar-refractivity contribution is -0.172. The van der Waals surface area contributed by atoms with Crippen LogP contribution in [-0.2, 0) is 4.74 Å². The fourth-order valence-electron chi connectivity index (χ4n) is 1.45. The molecule has 1 rings (SSSR count). The first-order chi connectivity index (χ1) is 8.74. The third-order valence-electron chi connectivity index (χ3n) is 2.76. The monoisotopic (exact) mass is 289 g/mol. The van der Waals surface area contributed by atoms with E-state index in [-0.39, 0.29) is 6.73 Å². The molecule has 0 saturated heterocycles. The molecule has 0 atom stereocenters. The molecular formula is C13H18F3NOSi. The summed E-state index contributed by atoms with van der Waals surface area (Å²) in [7, 11) is -1.66. The molecule has 0 fully saturated rings. The fourth-order valence-corrected chi connectivity index (χ4v) is 2.74. The Bertz CT molecular complexity index is 432. The van der Waals surface area contributed by atoms with E-state index in [0.717, 1.165) is 5.69 Å². The van der Waals surface area contributed by atoms with Gasteiger partial charge in [-0.05, 0) is 12.1 Å². The van der Waals surface area contributed by atoms with Gasteiger partial charge in [0.15, 0.2) is 0 Å². The van der Waals surface area contributed by atoms with Gasteiger partial charge in [-0.15, -0.1) is 6.58 Å². The lowest BCUT2D eigenvalue weighted by atomic mass is 10.3. The molecule has 19 heavy (non-hydrogen) atoms. The van der Waals surface area contributed by atoms with E-state index in [0.29, 0.717) is 0 Å². The molecule has 1 N–H and O–H groups in total. The first-order valence-electron chi connectivity index (χ1n) is 5.87. The molecule has 0 aliphatic rings. The van der Waals surface area contributed by atoms with Crippen LogP contribution >= 0.6 is 0 Å². The second-order valence-corrected chi connectivity index (χ2v) is 9.22. The highest BCUT2D eigenvalue weighted by molar-refractivity contribution is 6.93. The Labute approximate surface area is 112 Å². The third-order valence-corrected chi connectivity index (χ3v) is 5.58. The maximum Gasteiger partial charge on any atom is 0.411 e. The van der Waals surface area contributed by atoms with E-state index in [4.69, 9.17) is 0 Å². The number of anilines is 1. The van der Waals surface area contributed by atoms with Gasteiger partial charge in [-0.1, -0.05) is 36.1 Å². The molecule has 0 saturated carbocycles. The molecule has 0 aliphatic carbocycles. The number of ether oxygens (including phenoxy) is 1. The van der Waals surface area contributed by atoms with Crippen molar-refractivity contribution in [3.63, 3.8) is 0 Å². The van der Waals surface area contributed by atoms with Crippen molar-refractivity contribution in [1.29, 1.82) is 0 Å². The largest absolute Gasteiger partial charge is 0.411 e. The normalized spacial score (nSPS) is 12.3. The summed E-state index contributed by atoms with van der Waals surface area (Å²) in [6.45, 7) is 6.73. The molecule has 0 bridgehead atoms. The van der Waals surface area contributed by atoms with Crippen LogP contribution in [0.2, 0.25) is 13.1 Å². The quantitative estimate of drug-likeness (QED) is 0.493. The van der Waals surface area contributed by atoms with E-state index in [1.165, 1.54) is 5.19 Å². The maximum atomic E-state index is 11.9. The molecule has 1 aromatic rings. The Morgan fingerprint density at radius 3 is 2.63 bits per heavy atom. The van der Waals surface area contributed by atoms with Crippen molar-refractivity contribution in [2.75, 3.05) is 18.7 Å². The molecule has 0 amide bonds. The molecular weight excluding hydrogens is 271 g/mol. The highest BCUT2D eigenvalue weighted by Gasteiger charge is 2.27. The van der Waals surface area contributed by atoms with E-state index in [1.54, 1.807) is 6.07 Å². The molecule has 6 heteroatoms. The first kappa shape index (κ1) is 15.8. The second-order valence-electron chi connectivity index (χ2n) is 4.79. The van der Waals surface area contributed by atoms with Crippen molar-refractivity contribution < 1.29 is 17.9 Å². The number of rotatable bonds is 6. The number of benzene rings is 1. The van der Waals surface area contributed by atoms with Gasteiger partial charge in [0, 0.05) is 5.69 Å². The molecule has 2 nitrogen and oxygen atoms in total. The number of halogens is 3. The average molecular weight is 289 g/mol. The number of hydrogen-bond donors (Lipinski definition) is 1. The zero-order valence-corrected chi connectivity index (χ0v) is 12.1. The van der Waals surface area contributed by atoms with Gasteiger partial charge in [-0.25, -0.2) is 0 Å². The van der Waals surface area contributed by atoms with E-state index in [9.17, 15) is 13.2 Å². The summed E-state index contributed by atoms with van der Waals surface area (Å²) in [6.07, 6.45) is -4.29. The van der Waals surface area contributed by atoms with Crippen LogP contribution in [0.1, 0.15) is 0 Å². The smallest absolute Gasteiger partial charge is 0.363 e. The second kappa shape index (κ2) is 6.25. The molecule has 0 unspecified atom stereocenters. The summed E-state index contributed by atoms with van der Waals surface area (Å²) < 4.78 is 40.2. The van der Waals surface area contributed by atoms with Crippen molar-refractivity contribution in [3.8, 4) is 0 Å². The molecule has 1 aromatic carbocycles. The zero-order chi connectivity index (χ0) is 14.5. The van der Waals surface area contributed by atoms with Crippen molar-refractivity contribution in [3.05, 3.63) is 36.5 Å². The Balaban J connectivity index is 2.56. The van der Waals surface area contributed by atoms with Gasteiger partial charge in [0.2, 0.25) is 0 Å². The van der Waals surface area contributed by atoms with E-state index < -0.39 is 20.9 Å². The minimum atomic E-state index is -4.29. The van der Waals surface area contributed by atoms with Crippen molar-refractivity contribution in [2.45, 2.75) is 19.3 Å². The Hall–Kier alpha value is -1.27. The number of alkyl halides is 3. The standard InChI is InChI=1S/C13H18F3NOSi/c1-4-19(2,3)12-7-5-6-11(8-12)17-10-18-9-13(14,15)16/h4-8,17H,1,9-10H2,2-3H3. The lowest BCUT2D eigenvalue weighted by Crippen LogP contribution is -2.39. The summed E-state index contributed by atoms with van der Waals surface area (Å²) in [4.78, 5) is 0. The highest BCUT2D eigenvalue weighted by atomic mass is 28.3. The van der Waals surface area contributed by atoms with Gasteiger partial charge in [-0.3, -0.25) is 0 Å². The van der Waals surface area contributed by atoms with Crippen LogP contribution in [0.15, 0.2) is 36.5 Å². The Kier molecular flexibility index (Phi) is 5.19. The lowest BCUT2D eigenvalue weighted by Gasteiger charge is -2.19. The molecule has 0 aromatic heterocycles. The zero-order valence-electron chi connectivity index (χ0n) is 11.1. The van der Waals surface area contributed by atoms with Crippen molar-refractivity contribution in [2.24, 2.45) is 0 Å². The highest BCUT2D eigenvalue weighted by Crippen LogP contribution is 2.14. The Morgan fingerprint density at radius 1 is 1.37 bits per heavy atom. The minimum Gasteiger partial charge on any atom is -0.363 e. The average Bonchev–Trinajstić information content (AvgIpc) is 2.34. The molecule has 0 heterocycles. The number of hydrogen-bond acceptors (Lipinski definition) is 2. The first-order valence-corrected chi connectivity index (χ1v) is 8.95. The van der Waals surface area contributed by atoms with Gasteiger partial charge in [0.05, 0.1) is 0 Å². The molecule has 0 spiro atoms. The molecule has 0 aliphatic heterocycles. The van der Waals surface area contributed by atoms with E-state index >= 15 is 0 Å². The molecule has 0 radical (unpaired) electrons. The minimum absolute atomic E-state index is 0.168. The van der Waals surface area contributed by atoms with Crippen molar-refractivity contribution in [1.82, 2.24) is 0 Å². The molecule has 106 valence electrons. The van der Waals surface area contributed by atoms with Crippen LogP contribution < -0.4 is 10.5 Å². The van der Waals surface area contributed by atoms with Crippen LogP contribution in [0.4, 0.5) is 18.9 Å². The SMILES string of the molecule is C=C[Si](C)(C)c1cccc(NCOCC(F)(F)F)c1. The summed E-state index contributed by atoms with van der Waals surface area (Å²) in [5, 5.41) is 3.99.